The number of esters is 1. The number of ether oxygens (including phenoxy) is 2. The average molecular weight is 324 g/mol. The van der Waals surface area contributed by atoms with E-state index in [-0.39, 0.29) is 11.3 Å². The van der Waals surface area contributed by atoms with Crippen LogP contribution in [-0.2, 0) is 14.3 Å². The van der Waals surface area contributed by atoms with Crippen LogP contribution in [-0.4, -0.2) is 68.3 Å². The van der Waals surface area contributed by atoms with Gasteiger partial charge in [0.15, 0.2) is 18.0 Å². The molecule has 1 aromatic rings. The number of carbonyl (C=O) groups excluding carboxylic acids is 1. The van der Waals surface area contributed by atoms with E-state index < -0.39 is 42.8 Å². The number of benzene rings is 1. The van der Waals surface area contributed by atoms with Gasteiger partial charge in [0.25, 0.3) is 0 Å². The molecule has 0 saturated carbocycles. The van der Waals surface area contributed by atoms with Gasteiger partial charge in [-0.15, -0.1) is 0 Å². The van der Waals surface area contributed by atoms with Gasteiger partial charge < -0.3 is 35.0 Å². The SMILES string of the molecule is O=C1O[C@@H]2[C@@H](CO)O[C@H](O)[C@H](O)[C@]2(O)C1=Cc1ccc(O)cc1. The number of fused-ring (bicyclic) bond motifs is 1. The average Bonchev–Trinajstić information content (AvgIpc) is 2.79. The van der Waals surface area contributed by atoms with Gasteiger partial charge in [-0.2, -0.15) is 0 Å². The Morgan fingerprint density at radius 1 is 1.22 bits per heavy atom. The van der Waals surface area contributed by atoms with Gasteiger partial charge in [0, 0.05) is 0 Å². The largest absolute Gasteiger partial charge is 0.508 e. The van der Waals surface area contributed by atoms with Gasteiger partial charge in [0.1, 0.15) is 18.0 Å². The summed E-state index contributed by atoms with van der Waals surface area (Å²) in [6.45, 7) is -0.615. The minimum atomic E-state index is -2.22. The lowest BCUT2D eigenvalue weighted by Crippen LogP contribution is -2.65. The first-order chi connectivity index (χ1) is 10.9. The zero-order valence-corrected chi connectivity index (χ0v) is 11.9. The lowest BCUT2D eigenvalue weighted by Gasteiger charge is -2.43. The first kappa shape index (κ1) is 15.9. The van der Waals surface area contributed by atoms with E-state index in [4.69, 9.17) is 9.47 Å². The monoisotopic (exact) mass is 324 g/mol. The van der Waals surface area contributed by atoms with Crippen molar-refractivity contribution in [3.8, 4) is 5.75 Å². The number of rotatable bonds is 2. The molecule has 5 atom stereocenters. The van der Waals surface area contributed by atoms with Crippen LogP contribution in [0.1, 0.15) is 5.56 Å². The number of aliphatic hydroxyl groups is 4. The minimum Gasteiger partial charge on any atom is -0.508 e. The summed E-state index contributed by atoms with van der Waals surface area (Å²) < 4.78 is 9.98. The Labute approximate surface area is 130 Å². The van der Waals surface area contributed by atoms with Crippen molar-refractivity contribution in [2.75, 3.05) is 6.61 Å². The van der Waals surface area contributed by atoms with Gasteiger partial charge >= 0.3 is 5.97 Å². The molecule has 2 fully saturated rings. The van der Waals surface area contributed by atoms with Crippen molar-refractivity contribution in [1.29, 1.82) is 0 Å². The third-order valence-corrected chi connectivity index (χ3v) is 4.08. The fraction of sp³-hybridized carbons (Fsp3) is 0.400. The van der Waals surface area contributed by atoms with Crippen LogP contribution in [0.4, 0.5) is 0 Å². The third-order valence-electron chi connectivity index (χ3n) is 4.08. The number of aliphatic hydroxyl groups excluding tert-OH is 3. The van der Waals surface area contributed by atoms with E-state index in [0.717, 1.165) is 0 Å². The minimum absolute atomic E-state index is 0.0274. The molecule has 2 aliphatic heterocycles. The summed E-state index contributed by atoms with van der Waals surface area (Å²) in [7, 11) is 0. The smallest absolute Gasteiger partial charge is 0.337 e. The fourth-order valence-electron chi connectivity index (χ4n) is 2.87. The molecular formula is C15H16O8. The molecule has 0 spiro atoms. The summed E-state index contributed by atoms with van der Waals surface area (Å²) in [5, 5.41) is 49.2. The Balaban J connectivity index is 2.06. The third kappa shape index (κ3) is 2.41. The van der Waals surface area contributed by atoms with E-state index >= 15 is 0 Å². The normalized spacial score (nSPS) is 38.4. The quantitative estimate of drug-likeness (QED) is 0.327. The highest BCUT2D eigenvalue weighted by atomic mass is 16.7. The zero-order valence-electron chi connectivity index (χ0n) is 11.9. The Kier molecular flexibility index (Phi) is 3.86. The molecule has 1 aromatic carbocycles. The molecule has 0 unspecified atom stereocenters. The van der Waals surface area contributed by atoms with Gasteiger partial charge in [-0.25, -0.2) is 4.79 Å². The van der Waals surface area contributed by atoms with E-state index in [0.29, 0.717) is 5.56 Å². The molecular weight excluding hydrogens is 308 g/mol. The van der Waals surface area contributed by atoms with Crippen LogP contribution in [0.5, 0.6) is 5.75 Å². The fourth-order valence-corrected chi connectivity index (χ4v) is 2.87. The first-order valence-corrected chi connectivity index (χ1v) is 6.95. The summed E-state index contributed by atoms with van der Waals surface area (Å²) in [5.74, 6) is -0.861. The van der Waals surface area contributed by atoms with E-state index in [9.17, 15) is 30.3 Å². The molecule has 2 saturated heterocycles. The predicted octanol–water partition coefficient (Wildman–Crippen LogP) is -1.50. The van der Waals surface area contributed by atoms with Crippen LogP contribution in [0.15, 0.2) is 29.8 Å². The van der Waals surface area contributed by atoms with Crippen LogP contribution in [0.3, 0.4) is 0 Å². The molecule has 8 heteroatoms. The number of phenolic OH excluding ortho intramolecular Hbond substituents is 1. The van der Waals surface area contributed by atoms with Crippen molar-refractivity contribution in [2.45, 2.75) is 30.2 Å². The predicted molar refractivity (Wildman–Crippen MR) is 74.9 cm³/mol. The van der Waals surface area contributed by atoms with Crippen molar-refractivity contribution in [1.82, 2.24) is 0 Å². The Morgan fingerprint density at radius 3 is 2.48 bits per heavy atom. The standard InChI is InChI=1S/C15H16O8/c16-6-10-12-15(21,11(18)14(20)22-10)9(13(19)23-12)5-7-1-3-8(17)4-2-7/h1-5,10-12,14,16-18,20-21H,6H2/t10-,11+,12-,14+,15-/m1/s1. The molecule has 8 nitrogen and oxygen atoms in total. The number of hydrogen-bond acceptors (Lipinski definition) is 8. The second-order valence-electron chi connectivity index (χ2n) is 5.49. The van der Waals surface area contributed by atoms with Gasteiger partial charge in [0.2, 0.25) is 0 Å². The maximum Gasteiger partial charge on any atom is 0.337 e. The highest BCUT2D eigenvalue weighted by Crippen LogP contribution is 2.43. The second kappa shape index (κ2) is 5.59. The Morgan fingerprint density at radius 2 is 1.87 bits per heavy atom. The zero-order chi connectivity index (χ0) is 16.8. The molecule has 5 N–H and O–H groups in total. The number of phenols is 1. The van der Waals surface area contributed by atoms with Crippen LogP contribution in [0.25, 0.3) is 6.08 Å². The van der Waals surface area contributed by atoms with Crippen molar-refractivity contribution >= 4 is 12.0 Å². The van der Waals surface area contributed by atoms with Crippen molar-refractivity contribution in [3.63, 3.8) is 0 Å². The molecule has 0 radical (unpaired) electrons. The molecule has 0 aromatic heterocycles. The molecule has 2 aliphatic rings. The van der Waals surface area contributed by atoms with Gasteiger partial charge in [0.05, 0.1) is 12.2 Å². The first-order valence-electron chi connectivity index (χ1n) is 6.95. The molecule has 3 rings (SSSR count). The highest BCUT2D eigenvalue weighted by molar-refractivity contribution is 5.99. The van der Waals surface area contributed by atoms with E-state index in [1.807, 2.05) is 0 Å². The van der Waals surface area contributed by atoms with Crippen molar-refractivity contribution in [3.05, 3.63) is 35.4 Å². The van der Waals surface area contributed by atoms with Crippen molar-refractivity contribution < 1.29 is 39.8 Å². The molecule has 0 aliphatic carbocycles. The van der Waals surface area contributed by atoms with Crippen LogP contribution in [0.2, 0.25) is 0 Å². The van der Waals surface area contributed by atoms with Crippen LogP contribution in [0, 0.1) is 0 Å². The number of carbonyl (C=O) groups is 1. The summed E-state index contributed by atoms with van der Waals surface area (Å²) in [5.41, 5.74) is -2.01. The molecule has 2 heterocycles. The Bertz CT molecular complexity index is 639. The molecule has 0 bridgehead atoms. The summed E-state index contributed by atoms with van der Waals surface area (Å²) in [6, 6.07) is 5.77. The van der Waals surface area contributed by atoms with E-state index in [1.165, 1.54) is 30.3 Å². The summed E-state index contributed by atoms with van der Waals surface area (Å²) in [4.78, 5) is 12.1. The number of aromatic hydroxyl groups is 1. The Hall–Kier alpha value is -1.97. The van der Waals surface area contributed by atoms with Crippen LogP contribution >= 0.6 is 0 Å². The molecule has 0 amide bonds. The molecule has 124 valence electrons. The second-order valence-corrected chi connectivity index (χ2v) is 5.49. The van der Waals surface area contributed by atoms with E-state index in [1.54, 1.807) is 0 Å². The maximum atomic E-state index is 12.1. The molecule has 23 heavy (non-hydrogen) atoms. The summed E-state index contributed by atoms with van der Waals surface area (Å²) in [6.07, 6.45) is -4.84. The van der Waals surface area contributed by atoms with Crippen molar-refractivity contribution in [2.24, 2.45) is 0 Å². The van der Waals surface area contributed by atoms with Gasteiger partial charge in [-0.1, -0.05) is 12.1 Å². The lowest BCUT2D eigenvalue weighted by atomic mass is 9.79. The maximum absolute atomic E-state index is 12.1. The summed E-state index contributed by atoms with van der Waals surface area (Å²) >= 11 is 0. The topological polar surface area (TPSA) is 137 Å². The van der Waals surface area contributed by atoms with Gasteiger partial charge in [-0.3, -0.25) is 0 Å². The lowest BCUT2D eigenvalue weighted by molar-refractivity contribution is -0.301. The van der Waals surface area contributed by atoms with Gasteiger partial charge in [-0.05, 0) is 23.8 Å². The van der Waals surface area contributed by atoms with E-state index in [2.05, 4.69) is 0 Å². The highest BCUT2D eigenvalue weighted by Gasteiger charge is 2.64. The van der Waals surface area contributed by atoms with Crippen LogP contribution < -0.4 is 0 Å². The number of hydrogen-bond donors (Lipinski definition) is 5.